The van der Waals surface area contributed by atoms with Crippen molar-refractivity contribution in [1.29, 1.82) is 0 Å². The highest BCUT2D eigenvalue weighted by molar-refractivity contribution is 5.69. The number of rotatable bonds is 6. The van der Waals surface area contributed by atoms with Gasteiger partial charge in [0.25, 0.3) is 0 Å². The van der Waals surface area contributed by atoms with Gasteiger partial charge in [0.05, 0.1) is 6.10 Å². The van der Waals surface area contributed by atoms with Crippen LogP contribution in [-0.2, 0) is 20.7 Å². The Labute approximate surface area is 114 Å². The molecule has 2 rings (SSSR count). The SMILES string of the molecule is O=C(CCCc1ccccc1)OCC1CCCCO1. The van der Waals surface area contributed by atoms with Crippen LogP contribution < -0.4 is 0 Å². The van der Waals surface area contributed by atoms with E-state index in [1.54, 1.807) is 0 Å². The van der Waals surface area contributed by atoms with Crippen molar-refractivity contribution in [2.24, 2.45) is 0 Å². The van der Waals surface area contributed by atoms with E-state index in [1.807, 2.05) is 18.2 Å². The molecule has 0 bridgehead atoms. The molecule has 1 aliphatic heterocycles. The predicted octanol–water partition coefficient (Wildman–Crippen LogP) is 3.12. The lowest BCUT2D eigenvalue weighted by molar-refractivity contribution is -0.149. The van der Waals surface area contributed by atoms with Crippen LogP contribution in [0.15, 0.2) is 30.3 Å². The van der Waals surface area contributed by atoms with Crippen molar-refractivity contribution < 1.29 is 14.3 Å². The zero-order chi connectivity index (χ0) is 13.3. The van der Waals surface area contributed by atoms with Gasteiger partial charge in [-0.1, -0.05) is 30.3 Å². The number of ether oxygens (including phenoxy) is 2. The van der Waals surface area contributed by atoms with Gasteiger partial charge in [0.15, 0.2) is 0 Å². The van der Waals surface area contributed by atoms with Crippen molar-refractivity contribution in [2.75, 3.05) is 13.2 Å². The molecule has 3 heteroatoms. The van der Waals surface area contributed by atoms with Crippen LogP contribution in [0.25, 0.3) is 0 Å². The molecule has 1 aromatic carbocycles. The number of hydrogen-bond donors (Lipinski definition) is 0. The second-order valence-corrected chi connectivity index (χ2v) is 5.01. The Balaban J connectivity index is 1.57. The Hall–Kier alpha value is -1.35. The van der Waals surface area contributed by atoms with Gasteiger partial charge in [-0.25, -0.2) is 0 Å². The lowest BCUT2D eigenvalue weighted by Gasteiger charge is -2.22. The summed E-state index contributed by atoms with van der Waals surface area (Å²) in [5.74, 6) is -0.106. The third-order valence-corrected chi connectivity index (χ3v) is 3.39. The van der Waals surface area contributed by atoms with Crippen LogP contribution in [-0.4, -0.2) is 25.3 Å². The maximum absolute atomic E-state index is 11.6. The Bertz CT molecular complexity index is 369. The number of benzene rings is 1. The molecule has 0 amide bonds. The third-order valence-electron chi connectivity index (χ3n) is 3.39. The fourth-order valence-electron chi connectivity index (χ4n) is 2.28. The minimum Gasteiger partial charge on any atom is -0.463 e. The van der Waals surface area contributed by atoms with Crippen LogP contribution in [0.1, 0.15) is 37.7 Å². The summed E-state index contributed by atoms with van der Waals surface area (Å²) in [5.41, 5.74) is 1.27. The largest absolute Gasteiger partial charge is 0.463 e. The van der Waals surface area contributed by atoms with Gasteiger partial charge in [-0.3, -0.25) is 4.79 Å². The van der Waals surface area contributed by atoms with Crippen molar-refractivity contribution in [1.82, 2.24) is 0 Å². The quantitative estimate of drug-likeness (QED) is 0.739. The third kappa shape index (κ3) is 5.43. The van der Waals surface area contributed by atoms with Gasteiger partial charge in [-0.15, -0.1) is 0 Å². The predicted molar refractivity (Wildman–Crippen MR) is 73.9 cm³/mol. The molecule has 1 aromatic rings. The van der Waals surface area contributed by atoms with Crippen LogP contribution in [0.4, 0.5) is 0 Å². The van der Waals surface area contributed by atoms with Gasteiger partial charge >= 0.3 is 5.97 Å². The van der Waals surface area contributed by atoms with E-state index in [9.17, 15) is 4.79 Å². The van der Waals surface area contributed by atoms with E-state index in [0.717, 1.165) is 32.3 Å². The summed E-state index contributed by atoms with van der Waals surface area (Å²) in [6.07, 6.45) is 5.69. The molecule has 1 heterocycles. The zero-order valence-electron chi connectivity index (χ0n) is 11.3. The fourth-order valence-corrected chi connectivity index (χ4v) is 2.28. The fraction of sp³-hybridized carbons (Fsp3) is 0.562. The topological polar surface area (TPSA) is 35.5 Å². The van der Waals surface area contributed by atoms with Crippen molar-refractivity contribution in [2.45, 2.75) is 44.6 Å². The second-order valence-electron chi connectivity index (χ2n) is 5.01. The molecule has 0 aromatic heterocycles. The van der Waals surface area contributed by atoms with Gasteiger partial charge in [0.1, 0.15) is 6.61 Å². The lowest BCUT2D eigenvalue weighted by atomic mass is 10.1. The molecule has 1 unspecified atom stereocenters. The Morgan fingerprint density at radius 2 is 2.11 bits per heavy atom. The van der Waals surface area contributed by atoms with Crippen molar-refractivity contribution in [3.63, 3.8) is 0 Å². The van der Waals surface area contributed by atoms with Crippen molar-refractivity contribution in [3.05, 3.63) is 35.9 Å². The van der Waals surface area contributed by atoms with Gasteiger partial charge in [-0.05, 0) is 37.7 Å². The zero-order valence-corrected chi connectivity index (χ0v) is 11.3. The summed E-state index contributed by atoms with van der Waals surface area (Å²) in [5, 5.41) is 0. The summed E-state index contributed by atoms with van der Waals surface area (Å²) in [6, 6.07) is 10.2. The highest BCUT2D eigenvalue weighted by Crippen LogP contribution is 2.13. The summed E-state index contributed by atoms with van der Waals surface area (Å²) >= 11 is 0. The number of hydrogen-bond acceptors (Lipinski definition) is 3. The maximum Gasteiger partial charge on any atom is 0.305 e. The first kappa shape index (κ1) is 14.1. The summed E-state index contributed by atoms with van der Waals surface area (Å²) < 4.78 is 10.8. The molecule has 3 nitrogen and oxygen atoms in total. The van der Waals surface area contributed by atoms with E-state index in [2.05, 4.69) is 12.1 Å². The number of aryl methyl sites for hydroxylation is 1. The minimum absolute atomic E-state index is 0.106. The van der Waals surface area contributed by atoms with Gasteiger partial charge in [0, 0.05) is 13.0 Å². The van der Waals surface area contributed by atoms with E-state index >= 15 is 0 Å². The monoisotopic (exact) mass is 262 g/mol. The molecule has 1 atom stereocenters. The molecular formula is C16H22O3. The molecule has 0 saturated carbocycles. The molecule has 0 N–H and O–H groups in total. The minimum atomic E-state index is -0.106. The standard InChI is InChI=1S/C16H22O3/c17-16(19-13-15-10-4-5-12-18-15)11-6-9-14-7-2-1-3-8-14/h1-3,7-8,15H,4-6,9-13H2. The number of carbonyl (C=O) groups excluding carboxylic acids is 1. The Morgan fingerprint density at radius 1 is 1.26 bits per heavy atom. The van der Waals surface area contributed by atoms with E-state index in [4.69, 9.17) is 9.47 Å². The summed E-state index contributed by atoms with van der Waals surface area (Å²) in [6.45, 7) is 1.22. The number of carbonyl (C=O) groups is 1. The van der Waals surface area contributed by atoms with Crippen molar-refractivity contribution >= 4 is 5.97 Å². The molecular weight excluding hydrogens is 240 g/mol. The van der Waals surface area contributed by atoms with E-state index in [1.165, 1.54) is 12.0 Å². The van der Waals surface area contributed by atoms with Gasteiger partial charge < -0.3 is 9.47 Å². The van der Waals surface area contributed by atoms with Crippen LogP contribution in [0.2, 0.25) is 0 Å². The van der Waals surface area contributed by atoms with Gasteiger partial charge in [0.2, 0.25) is 0 Å². The average Bonchev–Trinajstić information content (AvgIpc) is 2.47. The first-order chi connectivity index (χ1) is 9.34. The summed E-state index contributed by atoms with van der Waals surface area (Å²) in [7, 11) is 0. The van der Waals surface area contributed by atoms with E-state index < -0.39 is 0 Å². The van der Waals surface area contributed by atoms with Gasteiger partial charge in [-0.2, -0.15) is 0 Å². The van der Waals surface area contributed by atoms with Crippen LogP contribution >= 0.6 is 0 Å². The van der Waals surface area contributed by atoms with Crippen LogP contribution in [0.3, 0.4) is 0 Å². The highest BCUT2D eigenvalue weighted by Gasteiger charge is 2.15. The van der Waals surface area contributed by atoms with Crippen LogP contribution in [0, 0.1) is 0 Å². The first-order valence-electron chi connectivity index (χ1n) is 7.16. The molecule has 1 fully saturated rings. The second kappa shape index (κ2) is 7.95. The molecule has 0 radical (unpaired) electrons. The number of esters is 1. The molecule has 19 heavy (non-hydrogen) atoms. The van der Waals surface area contributed by atoms with Crippen LogP contribution in [0.5, 0.6) is 0 Å². The molecule has 1 saturated heterocycles. The Morgan fingerprint density at radius 3 is 2.84 bits per heavy atom. The Kier molecular flexibility index (Phi) is 5.89. The lowest BCUT2D eigenvalue weighted by Crippen LogP contribution is -2.25. The van der Waals surface area contributed by atoms with E-state index in [-0.39, 0.29) is 12.1 Å². The average molecular weight is 262 g/mol. The maximum atomic E-state index is 11.6. The van der Waals surface area contributed by atoms with Crippen molar-refractivity contribution in [3.8, 4) is 0 Å². The molecule has 1 aliphatic rings. The molecule has 0 spiro atoms. The molecule has 104 valence electrons. The summed E-state index contributed by atoms with van der Waals surface area (Å²) in [4.78, 5) is 11.6. The highest BCUT2D eigenvalue weighted by atomic mass is 16.6. The smallest absolute Gasteiger partial charge is 0.305 e. The normalized spacial score (nSPS) is 19.1. The van der Waals surface area contributed by atoms with E-state index in [0.29, 0.717) is 13.0 Å². The first-order valence-corrected chi connectivity index (χ1v) is 7.16. The molecule has 0 aliphatic carbocycles.